The third-order valence-corrected chi connectivity index (χ3v) is 3.96. The first-order valence-electron chi connectivity index (χ1n) is 7.78. The van der Waals surface area contributed by atoms with Gasteiger partial charge in [0.2, 0.25) is 0 Å². The Balaban J connectivity index is 1.92. The molecule has 1 unspecified atom stereocenters. The van der Waals surface area contributed by atoms with E-state index < -0.39 is 18.1 Å². The van der Waals surface area contributed by atoms with Crippen molar-refractivity contribution in [2.45, 2.75) is 26.1 Å². The third-order valence-electron chi connectivity index (χ3n) is 3.96. The molecule has 1 N–H and O–H groups in total. The van der Waals surface area contributed by atoms with E-state index in [1.807, 2.05) is 12.2 Å². The minimum absolute atomic E-state index is 0.0770. The molecule has 0 aliphatic heterocycles. The van der Waals surface area contributed by atoms with Gasteiger partial charge in [0.25, 0.3) is 5.91 Å². The second-order valence-corrected chi connectivity index (χ2v) is 5.83. The van der Waals surface area contributed by atoms with E-state index in [0.29, 0.717) is 16.7 Å². The van der Waals surface area contributed by atoms with Crippen LogP contribution in [0, 0.1) is 13.8 Å². The fraction of sp³-hybridized carbons (Fsp3) is 0.222. The lowest BCUT2D eigenvalue weighted by Gasteiger charge is -2.21. The zero-order valence-corrected chi connectivity index (χ0v) is 14.0. The number of hydrogen-bond donors (Lipinski definition) is 1. The van der Waals surface area contributed by atoms with Crippen molar-refractivity contribution in [2.24, 2.45) is 0 Å². The van der Waals surface area contributed by atoms with E-state index in [-0.39, 0.29) is 11.1 Å². The van der Waals surface area contributed by atoms with Gasteiger partial charge in [0.05, 0.1) is 22.4 Å². The SMILES string of the molecule is Cc1nc2ccc(C(=O)NC(c3cccnc3)C(F)(F)F)cc2nc1C. The molecule has 26 heavy (non-hydrogen) atoms. The summed E-state index contributed by atoms with van der Waals surface area (Å²) in [6.45, 7) is 3.58. The minimum atomic E-state index is -4.65. The van der Waals surface area contributed by atoms with E-state index in [9.17, 15) is 18.0 Å². The van der Waals surface area contributed by atoms with Gasteiger partial charge in [-0.25, -0.2) is 9.97 Å². The average Bonchev–Trinajstić information content (AvgIpc) is 2.60. The van der Waals surface area contributed by atoms with Crippen LogP contribution in [0.4, 0.5) is 13.2 Å². The predicted octanol–water partition coefficient (Wildman–Crippen LogP) is 3.68. The van der Waals surface area contributed by atoms with E-state index in [1.54, 1.807) is 13.0 Å². The van der Waals surface area contributed by atoms with Crippen LogP contribution in [0.15, 0.2) is 42.7 Å². The number of nitrogens with one attached hydrogen (secondary N) is 1. The molecule has 2 aromatic heterocycles. The molecular weight excluding hydrogens is 345 g/mol. The molecule has 0 radical (unpaired) electrons. The van der Waals surface area contributed by atoms with Crippen LogP contribution in [-0.4, -0.2) is 27.0 Å². The monoisotopic (exact) mass is 360 g/mol. The highest BCUT2D eigenvalue weighted by Gasteiger charge is 2.42. The number of rotatable bonds is 3. The van der Waals surface area contributed by atoms with E-state index in [4.69, 9.17) is 0 Å². The zero-order chi connectivity index (χ0) is 18.9. The van der Waals surface area contributed by atoms with Gasteiger partial charge in [-0.3, -0.25) is 9.78 Å². The molecular formula is C18H15F3N4O. The minimum Gasteiger partial charge on any atom is -0.337 e. The zero-order valence-electron chi connectivity index (χ0n) is 14.0. The number of aryl methyl sites for hydroxylation is 2. The number of alkyl halides is 3. The van der Waals surface area contributed by atoms with Crippen molar-refractivity contribution in [1.29, 1.82) is 0 Å². The molecule has 0 aliphatic rings. The summed E-state index contributed by atoms with van der Waals surface area (Å²) < 4.78 is 40.1. The Morgan fingerprint density at radius 3 is 2.38 bits per heavy atom. The van der Waals surface area contributed by atoms with Gasteiger partial charge in [-0.2, -0.15) is 13.2 Å². The summed E-state index contributed by atoms with van der Waals surface area (Å²) in [4.78, 5) is 24.7. The molecule has 5 nitrogen and oxygen atoms in total. The maximum absolute atomic E-state index is 13.4. The largest absolute Gasteiger partial charge is 0.412 e. The molecule has 0 saturated carbocycles. The smallest absolute Gasteiger partial charge is 0.337 e. The van der Waals surface area contributed by atoms with Crippen molar-refractivity contribution in [3.8, 4) is 0 Å². The summed E-state index contributed by atoms with van der Waals surface area (Å²) in [5.74, 6) is -0.849. The summed E-state index contributed by atoms with van der Waals surface area (Å²) >= 11 is 0. The van der Waals surface area contributed by atoms with Crippen molar-refractivity contribution >= 4 is 16.9 Å². The standard InChI is InChI=1S/C18H15F3N4O/c1-10-11(2)24-15-8-12(5-6-14(15)23-10)17(26)25-16(18(19,20)21)13-4-3-7-22-9-13/h3-9,16H,1-2H3,(H,25,26). The van der Waals surface area contributed by atoms with Crippen LogP contribution < -0.4 is 5.32 Å². The van der Waals surface area contributed by atoms with Crippen LogP contribution in [0.2, 0.25) is 0 Å². The Labute approximate surface area is 147 Å². The average molecular weight is 360 g/mol. The number of fused-ring (bicyclic) bond motifs is 1. The van der Waals surface area contributed by atoms with Gasteiger partial charge in [0, 0.05) is 23.5 Å². The van der Waals surface area contributed by atoms with Crippen molar-refractivity contribution in [3.05, 3.63) is 65.2 Å². The van der Waals surface area contributed by atoms with E-state index >= 15 is 0 Å². The molecule has 8 heteroatoms. The Morgan fingerprint density at radius 2 is 1.77 bits per heavy atom. The highest BCUT2D eigenvalue weighted by molar-refractivity contribution is 5.97. The summed E-state index contributed by atoms with van der Waals surface area (Å²) in [5.41, 5.74) is 2.41. The number of nitrogens with zero attached hydrogens (tertiary/aromatic N) is 3. The Kier molecular flexibility index (Phi) is 4.58. The lowest BCUT2D eigenvalue weighted by atomic mass is 10.1. The fourth-order valence-corrected chi connectivity index (χ4v) is 2.49. The third kappa shape index (κ3) is 3.63. The van der Waals surface area contributed by atoms with Crippen molar-refractivity contribution < 1.29 is 18.0 Å². The molecule has 3 rings (SSSR count). The van der Waals surface area contributed by atoms with E-state index in [1.165, 1.54) is 30.5 Å². The predicted molar refractivity (Wildman–Crippen MR) is 89.5 cm³/mol. The second kappa shape index (κ2) is 6.70. The molecule has 3 aromatic rings. The highest BCUT2D eigenvalue weighted by atomic mass is 19.4. The van der Waals surface area contributed by atoms with Crippen LogP contribution in [0.25, 0.3) is 11.0 Å². The summed E-state index contributed by atoms with van der Waals surface area (Å²) in [7, 11) is 0. The first-order valence-corrected chi connectivity index (χ1v) is 7.78. The molecule has 1 atom stereocenters. The number of pyridine rings is 1. The maximum atomic E-state index is 13.4. The Morgan fingerprint density at radius 1 is 1.08 bits per heavy atom. The van der Waals surface area contributed by atoms with Gasteiger partial charge < -0.3 is 5.32 Å². The first-order chi connectivity index (χ1) is 12.3. The van der Waals surface area contributed by atoms with Crippen LogP contribution >= 0.6 is 0 Å². The topological polar surface area (TPSA) is 67.8 Å². The number of carbonyl (C=O) groups is 1. The molecule has 0 bridgehead atoms. The quantitative estimate of drug-likeness (QED) is 0.774. The van der Waals surface area contributed by atoms with E-state index in [2.05, 4.69) is 15.0 Å². The van der Waals surface area contributed by atoms with Crippen LogP contribution in [-0.2, 0) is 0 Å². The molecule has 0 aliphatic carbocycles. The van der Waals surface area contributed by atoms with Crippen LogP contribution in [0.5, 0.6) is 0 Å². The first kappa shape index (κ1) is 17.8. The summed E-state index contributed by atoms with van der Waals surface area (Å²) in [5, 5.41) is 2.03. The maximum Gasteiger partial charge on any atom is 0.412 e. The lowest BCUT2D eigenvalue weighted by Crippen LogP contribution is -2.38. The number of carbonyl (C=O) groups excluding carboxylic acids is 1. The highest BCUT2D eigenvalue weighted by Crippen LogP contribution is 2.32. The van der Waals surface area contributed by atoms with Crippen molar-refractivity contribution in [3.63, 3.8) is 0 Å². The number of benzene rings is 1. The van der Waals surface area contributed by atoms with Gasteiger partial charge in [-0.15, -0.1) is 0 Å². The van der Waals surface area contributed by atoms with Gasteiger partial charge in [0.1, 0.15) is 0 Å². The second-order valence-electron chi connectivity index (χ2n) is 5.83. The lowest BCUT2D eigenvalue weighted by molar-refractivity contribution is -0.155. The molecule has 134 valence electrons. The normalized spacial score (nSPS) is 12.8. The number of hydrogen-bond acceptors (Lipinski definition) is 4. The molecule has 0 fully saturated rings. The summed E-state index contributed by atoms with van der Waals surface area (Å²) in [6.07, 6.45) is -2.20. The van der Waals surface area contributed by atoms with Crippen molar-refractivity contribution in [2.75, 3.05) is 0 Å². The number of halogens is 3. The molecule has 0 saturated heterocycles. The van der Waals surface area contributed by atoms with Gasteiger partial charge in [0.15, 0.2) is 6.04 Å². The van der Waals surface area contributed by atoms with E-state index in [0.717, 1.165) is 11.9 Å². The molecule has 1 amide bonds. The van der Waals surface area contributed by atoms with Gasteiger partial charge in [-0.05, 0) is 38.1 Å². The number of amides is 1. The summed E-state index contributed by atoms with van der Waals surface area (Å²) in [6, 6.07) is 4.93. The van der Waals surface area contributed by atoms with Crippen molar-refractivity contribution in [1.82, 2.24) is 20.3 Å². The Hall–Kier alpha value is -3.03. The van der Waals surface area contributed by atoms with Crippen LogP contribution in [0.3, 0.4) is 0 Å². The number of aromatic nitrogens is 3. The molecule has 0 spiro atoms. The van der Waals surface area contributed by atoms with Crippen LogP contribution in [0.1, 0.15) is 33.4 Å². The Bertz CT molecular complexity index is 958. The molecule has 1 aromatic carbocycles. The van der Waals surface area contributed by atoms with Gasteiger partial charge in [-0.1, -0.05) is 6.07 Å². The van der Waals surface area contributed by atoms with Gasteiger partial charge >= 0.3 is 6.18 Å². The molecule has 2 heterocycles. The fourth-order valence-electron chi connectivity index (χ4n) is 2.49.